The molecule has 1 aliphatic heterocycles. The first kappa shape index (κ1) is 25.8. The van der Waals surface area contributed by atoms with Gasteiger partial charge in [0, 0.05) is 17.3 Å². The standard InChI is InChI=1S/C33H25N3O2S2/c37-32-30(40-33(39)35(32)21-24-10-4-1-5-11-24)20-27-22-36(28-14-8-3-9-15-28)34-31(27)26-16-18-29(19-17-26)38-23-25-12-6-2-7-13-25/h1-20,22H,21,23H2/b30-20+. The molecule has 1 amide bonds. The molecule has 0 bridgehead atoms. The molecule has 4 aromatic carbocycles. The van der Waals surface area contributed by atoms with E-state index in [-0.39, 0.29) is 5.91 Å². The number of carbonyl (C=O) groups is 1. The molecule has 0 atom stereocenters. The summed E-state index contributed by atoms with van der Waals surface area (Å²) in [6.07, 6.45) is 3.85. The highest BCUT2D eigenvalue weighted by molar-refractivity contribution is 8.26. The number of amides is 1. The van der Waals surface area contributed by atoms with Gasteiger partial charge in [0.05, 0.1) is 22.8 Å². The second kappa shape index (κ2) is 11.7. The first-order valence-electron chi connectivity index (χ1n) is 12.9. The Labute approximate surface area is 242 Å². The van der Waals surface area contributed by atoms with Crippen molar-refractivity contribution >= 4 is 40.3 Å². The van der Waals surface area contributed by atoms with E-state index in [2.05, 4.69) is 0 Å². The van der Waals surface area contributed by atoms with Gasteiger partial charge >= 0.3 is 0 Å². The maximum Gasteiger partial charge on any atom is 0.266 e. The number of aromatic nitrogens is 2. The number of benzene rings is 4. The van der Waals surface area contributed by atoms with Crippen LogP contribution in [0.4, 0.5) is 0 Å². The predicted octanol–water partition coefficient (Wildman–Crippen LogP) is 7.52. The lowest BCUT2D eigenvalue weighted by Crippen LogP contribution is -2.27. The molecule has 40 heavy (non-hydrogen) atoms. The van der Waals surface area contributed by atoms with Crippen molar-refractivity contribution in [3.63, 3.8) is 0 Å². The van der Waals surface area contributed by atoms with E-state index in [1.54, 1.807) is 4.90 Å². The molecule has 0 saturated carbocycles. The van der Waals surface area contributed by atoms with E-state index < -0.39 is 0 Å². The molecular weight excluding hydrogens is 535 g/mol. The predicted molar refractivity (Wildman–Crippen MR) is 165 cm³/mol. The number of para-hydroxylation sites is 1. The van der Waals surface area contributed by atoms with Gasteiger partial charge in [0.2, 0.25) is 0 Å². The number of carbonyl (C=O) groups excluding carboxylic acids is 1. The number of nitrogens with zero attached hydrogens (tertiary/aromatic N) is 3. The van der Waals surface area contributed by atoms with Crippen LogP contribution in [0.1, 0.15) is 16.7 Å². The second-order valence-electron chi connectivity index (χ2n) is 9.27. The Morgan fingerprint density at radius 1 is 0.800 bits per heavy atom. The molecule has 1 fully saturated rings. The van der Waals surface area contributed by atoms with E-state index in [0.717, 1.165) is 39.4 Å². The number of rotatable bonds is 8. The third kappa shape index (κ3) is 5.76. The quantitative estimate of drug-likeness (QED) is 0.145. The lowest BCUT2D eigenvalue weighted by Gasteiger charge is -2.14. The van der Waals surface area contributed by atoms with Crippen LogP contribution in [0.5, 0.6) is 5.75 Å². The van der Waals surface area contributed by atoms with Crippen LogP contribution in [0.3, 0.4) is 0 Å². The van der Waals surface area contributed by atoms with Crippen LogP contribution >= 0.6 is 24.0 Å². The summed E-state index contributed by atoms with van der Waals surface area (Å²) >= 11 is 6.91. The highest BCUT2D eigenvalue weighted by Crippen LogP contribution is 2.36. The minimum Gasteiger partial charge on any atom is -0.489 e. The van der Waals surface area contributed by atoms with Gasteiger partial charge in [-0.05, 0) is 53.6 Å². The normalized spacial score (nSPS) is 14.2. The fourth-order valence-electron chi connectivity index (χ4n) is 4.42. The summed E-state index contributed by atoms with van der Waals surface area (Å²) < 4.78 is 8.37. The fourth-order valence-corrected chi connectivity index (χ4v) is 5.67. The Kier molecular flexibility index (Phi) is 7.57. The number of thiocarbonyl (C=S) groups is 1. The topological polar surface area (TPSA) is 47.4 Å². The van der Waals surface area contributed by atoms with Crippen molar-refractivity contribution in [3.8, 4) is 22.7 Å². The van der Waals surface area contributed by atoms with Gasteiger partial charge in [-0.15, -0.1) is 0 Å². The van der Waals surface area contributed by atoms with Crippen molar-refractivity contribution in [2.45, 2.75) is 13.2 Å². The third-order valence-electron chi connectivity index (χ3n) is 6.48. The van der Waals surface area contributed by atoms with E-state index in [1.807, 2.05) is 132 Å². The van der Waals surface area contributed by atoms with Gasteiger partial charge in [-0.25, -0.2) is 4.68 Å². The molecule has 196 valence electrons. The van der Waals surface area contributed by atoms with Gasteiger partial charge in [-0.3, -0.25) is 9.69 Å². The van der Waals surface area contributed by atoms with Crippen LogP contribution in [0.25, 0.3) is 23.0 Å². The molecule has 0 radical (unpaired) electrons. The Morgan fingerprint density at radius 3 is 2.10 bits per heavy atom. The van der Waals surface area contributed by atoms with Gasteiger partial charge < -0.3 is 4.74 Å². The van der Waals surface area contributed by atoms with Crippen LogP contribution < -0.4 is 4.74 Å². The van der Waals surface area contributed by atoms with Crippen LogP contribution in [-0.4, -0.2) is 24.9 Å². The summed E-state index contributed by atoms with van der Waals surface area (Å²) in [5.41, 5.74) is 5.61. The summed E-state index contributed by atoms with van der Waals surface area (Å²) in [5.74, 6) is 0.681. The van der Waals surface area contributed by atoms with Crippen molar-refractivity contribution in [3.05, 3.63) is 143 Å². The Bertz CT molecular complexity index is 1670. The van der Waals surface area contributed by atoms with Gasteiger partial charge in [-0.2, -0.15) is 5.10 Å². The molecule has 0 N–H and O–H groups in total. The Hall–Kier alpha value is -4.46. The zero-order chi connectivity index (χ0) is 27.3. The molecule has 0 aliphatic carbocycles. The molecule has 0 unspecified atom stereocenters. The minimum atomic E-state index is -0.0954. The molecule has 1 aliphatic rings. The van der Waals surface area contributed by atoms with Crippen LogP contribution in [0, 0.1) is 0 Å². The van der Waals surface area contributed by atoms with Gasteiger partial charge in [0.15, 0.2) is 0 Å². The van der Waals surface area contributed by atoms with E-state index >= 15 is 0 Å². The van der Waals surface area contributed by atoms with Crippen molar-refractivity contribution in [1.29, 1.82) is 0 Å². The van der Waals surface area contributed by atoms with Crippen LogP contribution in [0.15, 0.2) is 126 Å². The number of hydrogen-bond acceptors (Lipinski definition) is 5. The van der Waals surface area contributed by atoms with Gasteiger partial charge in [0.25, 0.3) is 5.91 Å². The van der Waals surface area contributed by atoms with Crippen LogP contribution in [-0.2, 0) is 17.9 Å². The van der Waals surface area contributed by atoms with E-state index in [1.165, 1.54) is 11.8 Å². The average molecular weight is 560 g/mol. The van der Waals surface area contributed by atoms with Crippen LogP contribution in [0.2, 0.25) is 0 Å². The molecule has 5 aromatic rings. The smallest absolute Gasteiger partial charge is 0.266 e. The molecule has 5 nitrogen and oxygen atoms in total. The maximum atomic E-state index is 13.4. The molecular formula is C33H25N3O2S2. The number of hydrogen-bond donors (Lipinski definition) is 0. The number of thioether (sulfide) groups is 1. The van der Waals surface area contributed by atoms with Crippen molar-refractivity contribution in [2.24, 2.45) is 0 Å². The summed E-state index contributed by atoms with van der Waals surface area (Å²) in [7, 11) is 0. The van der Waals surface area contributed by atoms with Gasteiger partial charge in [0.1, 0.15) is 16.7 Å². The largest absolute Gasteiger partial charge is 0.489 e. The lowest BCUT2D eigenvalue weighted by molar-refractivity contribution is -0.122. The van der Waals surface area contributed by atoms with E-state index in [4.69, 9.17) is 22.1 Å². The molecule has 6 rings (SSSR count). The molecule has 2 heterocycles. The van der Waals surface area contributed by atoms with E-state index in [0.29, 0.717) is 22.4 Å². The fraction of sp³-hybridized carbons (Fsp3) is 0.0606. The monoisotopic (exact) mass is 559 g/mol. The summed E-state index contributed by atoms with van der Waals surface area (Å²) in [6.45, 7) is 0.947. The second-order valence-corrected chi connectivity index (χ2v) is 10.9. The zero-order valence-electron chi connectivity index (χ0n) is 21.5. The van der Waals surface area contributed by atoms with Gasteiger partial charge in [-0.1, -0.05) is 103 Å². The highest BCUT2D eigenvalue weighted by atomic mass is 32.2. The first-order chi connectivity index (χ1) is 19.6. The third-order valence-corrected chi connectivity index (χ3v) is 7.86. The zero-order valence-corrected chi connectivity index (χ0v) is 23.1. The highest BCUT2D eigenvalue weighted by Gasteiger charge is 2.32. The van der Waals surface area contributed by atoms with Crippen molar-refractivity contribution in [2.75, 3.05) is 0 Å². The summed E-state index contributed by atoms with van der Waals surface area (Å²) in [5, 5.41) is 4.91. The van der Waals surface area contributed by atoms with E-state index in [9.17, 15) is 4.79 Å². The molecule has 0 spiro atoms. The first-order valence-corrected chi connectivity index (χ1v) is 14.1. The van der Waals surface area contributed by atoms with Crippen molar-refractivity contribution < 1.29 is 9.53 Å². The summed E-state index contributed by atoms with van der Waals surface area (Å²) in [4.78, 5) is 15.6. The Morgan fingerprint density at radius 2 is 1.43 bits per heavy atom. The summed E-state index contributed by atoms with van der Waals surface area (Å²) in [6, 6.07) is 37.8. The SMILES string of the molecule is O=C1/C(=C\c2cn(-c3ccccc3)nc2-c2ccc(OCc3ccccc3)cc2)SC(=S)N1Cc1ccccc1. The molecule has 1 aromatic heterocycles. The minimum absolute atomic E-state index is 0.0954. The molecule has 1 saturated heterocycles. The van der Waals surface area contributed by atoms with Crippen molar-refractivity contribution in [1.82, 2.24) is 14.7 Å². The lowest BCUT2D eigenvalue weighted by atomic mass is 10.1. The number of ether oxygens (including phenoxy) is 1. The maximum absolute atomic E-state index is 13.4. The molecule has 7 heteroatoms. The average Bonchev–Trinajstić information content (AvgIpc) is 3.54. The Balaban J connectivity index is 1.29.